The van der Waals surface area contributed by atoms with Crippen molar-refractivity contribution < 1.29 is 9.53 Å². The van der Waals surface area contributed by atoms with Crippen LogP contribution in [0.1, 0.15) is 18.4 Å². The van der Waals surface area contributed by atoms with Crippen molar-refractivity contribution in [3.05, 3.63) is 34.6 Å². The minimum Gasteiger partial charge on any atom is -0.469 e. The molecule has 7 heteroatoms. The fraction of sp³-hybridized carbons (Fsp3) is 0.500. The fourth-order valence-electron chi connectivity index (χ4n) is 3.30. The van der Waals surface area contributed by atoms with E-state index < -0.39 is 0 Å². The molecule has 2 heterocycles. The van der Waals surface area contributed by atoms with Crippen molar-refractivity contribution in [2.45, 2.75) is 26.4 Å². The summed E-state index contributed by atoms with van der Waals surface area (Å²) in [7, 11) is 3.41. The van der Waals surface area contributed by atoms with Gasteiger partial charge in [-0.15, -0.1) is 0 Å². The summed E-state index contributed by atoms with van der Waals surface area (Å²) in [4.78, 5) is 13.9. The lowest BCUT2D eigenvalue weighted by molar-refractivity contribution is -0.147. The van der Waals surface area contributed by atoms with E-state index in [4.69, 9.17) is 22.1 Å². The Labute approximate surface area is 153 Å². The van der Waals surface area contributed by atoms with Gasteiger partial charge in [-0.2, -0.15) is 5.10 Å². The SMILES string of the molecule is COC(=O)C1CCN(Cn2nc(-c3ccccc3C)n(C)c2=S)CC1. The van der Waals surface area contributed by atoms with Crippen LogP contribution < -0.4 is 0 Å². The van der Waals surface area contributed by atoms with Gasteiger partial charge in [0, 0.05) is 25.7 Å². The molecule has 0 saturated carbocycles. The molecule has 0 spiro atoms. The molecule has 25 heavy (non-hydrogen) atoms. The molecule has 0 N–H and O–H groups in total. The quantitative estimate of drug-likeness (QED) is 0.620. The van der Waals surface area contributed by atoms with Crippen LogP contribution in [-0.4, -0.2) is 45.4 Å². The summed E-state index contributed by atoms with van der Waals surface area (Å²) < 4.78 is 9.38. The minimum absolute atomic E-state index is 0.0143. The molecule has 0 unspecified atom stereocenters. The summed E-state index contributed by atoms with van der Waals surface area (Å²) in [5, 5.41) is 4.75. The first-order valence-corrected chi connectivity index (χ1v) is 8.92. The van der Waals surface area contributed by atoms with Crippen LogP contribution in [0.5, 0.6) is 0 Å². The van der Waals surface area contributed by atoms with Crippen LogP contribution >= 0.6 is 12.2 Å². The molecule has 2 aromatic rings. The maximum Gasteiger partial charge on any atom is 0.308 e. The molecular formula is C18H24N4O2S. The molecule has 1 saturated heterocycles. The lowest BCUT2D eigenvalue weighted by Crippen LogP contribution is -2.38. The first-order valence-electron chi connectivity index (χ1n) is 8.51. The van der Waals surface area contributed by atoms with E-state index in [0.29, 0.717) is 11.4 Å². The number of likely N-dealkylation sites (tertiary alicyclic amines) is 1. The van der Waals surface area contributed by atoms with E-state index in [1.165, 1.54) is 12.7 Å². The molecule has 134 valence electrons. The number of esters is 1. The largest absolute Gasteiger partial charge is 0.469 e. The zero-order valence-electron chi connectivity index (χ0n) is 14.9. The second kappa shape index (κ2) is 7.49. The summed E-state index contributed by atoms with van der Waals surface area (Å²) >= 11 is 5.57. The molecule has 1 aliphatic rings. The third kappa shape index (κ3) is 3.67. The zero-order valence-corrected chi connectivity index (χ0v) is 15.8. The van der Waals surface area contributed by atoms with Gasteiger partial charge in [-0.05, 0) is 37.5 Å². The summed E-state index contributed by atoms with van der Waals surface area (Å²) in [5.41, 5.74) is 2.27. The summed E-state index contributed by atoms with van der Waals surface area (Å²) in [5.74, 6) is 0.795. The van der Waals surface area contributed by atoms with Crippen molar-refractivity contribution in [3.8, 4) is 11.4 Å². The molecule has 0 aliphatic carbocycles. The third-order valence-electron chi connectivity index (χ3n) is 4.88. The number of methoxy groups -OCH3 is 1. The van der Waals surface area contributed by atoms with Crippen LogP contribution in [-0.2, 0) is 23.2 Å². The van der Waals surface area contributed by atoms with Crippen molar-refractivity contribution in [1.82, 2.24) is 19.2 Å². The maximum absolute atomic E-state index is 11.6. The van der Waals surface area contributed by atoms with Crippen LogP contribution in [0.3, 0.4) is 0 Å². The molecule has 1 aromatic heterocycles. The molecule has 3 rings (SSSR count). The van der Waals surface area contributed by atoms with Gasteiger partial charge in [-0.3, -0.25) is 9.69 Å². The number of carbonyl (C=O) groups excluding carboxylic acids is 1. The highest BCUT2D eigenvalue weighted by molar-refractivity contribution is 7.71. The van der Waals surface area contributed by atoms with Gasteiger partial charge in [0.1, 0.15) is 0 Å². The van der Waals surface area contributed by atoms with E-state index in [0.717, 1.165) is 37.3 Å². The molecule has 6 nitrogen and oxygen atoms in total. The Kier molecular flexibility index (Phi) is 5.34. The Morgan fingerprint density at radius 2 is 2.00 bits per heavy atom. The van der Waals surface area contributed by atoms with Gasteiger partial charge in [0.25, 0.3) is 0 Å². The summed E-state index contributed by atoms with van der Waals surface area (Å²) in [6, 6.07) is 8.19. The number of nitrogens with zero attached hydrogens (tertiary/aromatic N) is 4. The highest BCUT2D eigenvalue weighted by Gasteiger charge is 2.26. The van der Waals surface area contributed by atoms with Crippen molar-refractivity contribution in [3.63, 3.8) is 0 Å². The zero-order chi connectivity index (χ0) is 18.0. The van der Waals surface area contributed by atoms with Crippen molar-refractivity contribution in [1.29, 1.82) is 0 Å². The summed E-state index contributed by atoms with van der Waals surface area (Å²) in [6.07, 6.45) is 1.63. The number of aromatic nitrogens is 3. The van der Waals surface area contributed by atoms with Gasteiger partial charge >= 0.3 is 5.97 Å². The fourth-order valence-corrected chi connectivity index (χ4v) is 3.49. The van der Waals surface area contributed by atoms with Gasteiger partial charge in [0.15, 0.2) is 10.6 Å². The van der Waals surface area contributed by atoms with Crippen molar-refractivity contribution >= 4 is 18.2 Å². The molecule has 0 amide bonds. The third-order valence-corrected chi connectivity index (χ3v) is 5.37. The Hall–Kier alpha value is -1.99. The number of rotatable bonds is 4. The number of ether oxygens (including phenoxy) is 1. The van der Waals surface area contributed by atoms with Crippen LogP contribution in [0.25, 0.3) is 11.4 Å². The number of benzene rings is 1. The van der Waals surface area contributed by atoms with Crippen LogP contribution in [0.4, 0.5) is 0 Å². The first-order chi connectivity index (χ1) is 12.0. The maximum atomic E-state index is 11.6. The smallest absolute Gasteiger partial charge is 0.308 e. The van der Waals surface area contributed by atoms with E-state index in [1.54, 1.807) is 0 Å². The second-order valence-corrected chi connectivity index (χ2v) is 6.90. The molecular weight excluding hydrogens is 336 g/mol. The highest BCUT2D eigenvalue weighted by Crippen LogP contribution is 2.22. The number of hydrogen-bond donors (Lipinski definition) is 0. The van der Waals surface area contributed by atoms with Gasteiger partial charge in [-0.1, -0.05) is 24.3 Å². The monoisotopic (exact) mass is 360 g/mol. The van der Waals surface area contributed by atoms with E-state index in [-0.39, 0.29) is 11.9 Å². The Morgan fingerprint density at radius 1 is 1.32 bits per heavy atom. The second-order valence-electron chi connectivity index (χ2n) is 6.54. The lowest BCUT2D eigenvalue weighted by atomic mass is 9.97. The molecule has 1 aliphatic heterocycles. The standard InChI is InChI=1S/C18H24N4O2S/c1-13-6-4-5-7-15(13)16-19-22(18(25)20(16)2)12-21-10-8-14(9-11-21)17(23)24-3/h4-7,14H,8-12H2,1-3H3. The number of aryl methyl sites for hydroxylation is 1. The van der Waals surface area contributed by atoms with E-state index in [2.05, 4.69) is 24.0 Å². The first kappa shape index (κ1) is 17.8. The minimum atomic E-state index is -0.101. The van der Waals surface area contributed by atoms with Gasteiger partial charge in [0.05, 0.1) is 19.7 Å². The number of carbonyl (C=O) groups is 1. The van der Waals surface area contributed by atoms with Crippen molar-refractivity contribution in [2.24, 2.45) is 13.0 Å². The highest BCUT2D eigenvalue weighted by atomic mass is 32.1. The predicted octanol–water partition coefficient (Wildman–Crippen LogP) is 2.77. The van der Waals surface area contributed by atoms with Crippen LogP contribution in [0.2, 0.25) is 0 Å². The number of hydrogen-bond acceptors (Lipinski definition) is 5. The Bertz CT molecular complexity index is 819. The normalized spacial score (nSPS) is 16.1. The Morgan fingerprint density at radius 3 is 2.64 bits per heavy atom. The van der Waals surface area contributed by atoms with Crippen LogP contribution in [0.15, 0.2) is 24.3 Å². The Balaban J connectivity index is 1.75. The van der Waals surface area contributed by atoms with Crippen LogP contribution in [0, 0.1) is 17.6 Å². The van der Waals surface area contributed by atoms with E-state index in [1.807, 2.05) is 28.4 Å². The molecule has 0 bridgehead atoms. The van der Waals surface area contributed by atoms with Gasteiger partial charge in [-0.25, -0.2) is 4.68 Å². The van der Waals surface area contributed by atoms with Gasteiger partial charge < -0.3 is 9.30 Å². The molecule has 0 radical (unpaired) electrons. The van der Waals surface area contributed by atoms with E-state index in [9.17, 15) is 4.79 Å². The lowest BCUT2D eigenvalue weighted by Gasteiger charge is -2.30. The van der Waals surface area contributed by atoms with E-state index >= 15 is 0 Å². The molecule has 0 atom stereocenters. The topological polar surface area (TPSA) is 52.3 Å². The average molecular weight is 360 g/mol. The summed E-state index contributed by atoms with van der Waals surface area (Å²) in [6.45, 7) is 4.41. The predicted molar refractivity (Wildman–Crippen MR) is 98.5 cm³/mol. The molecule has 1 aromatic carbocycles. The average Bonchev–Trinajstić information content (AvgIpc) is 2.90. The molecule has 1 fully saturated rings. The van der Waals surface area contributed by atoms with Crippen molar-refractivity contribution in [2.75, 3.05) is 20.2 Å². The van der Waals surface area contributed by atoms with Gasteiger partial charge in [0.2, 0.25) is 0 Å². The number of piperidine rings is 1.